The zero-order valence-electron chi connectivity index (χ0n) is 8.45. The van der Waals surface area contributed by atoms with Crippen molar-refractivity contribution in [2.24, 2.45) is 0 Å². The highest BCUT2D eigenvalue weighted by molar-refractivity contribution is 7.99. The highest BCUT2D eigenvalue weighted by Crippen LogP contribution is 2.20. The SMILES string of the molecule is CCSc1ccc(OCC(C)=O)cc1. The van der Waals surface area contributed by atoms with Gasteiger partial charge in [0, 0.05) is 4.90 Å². The highest BCUT2D eigenvalue weighted by Gasteiger charge is 1.97. The van der Waals surface area contributed by atoms with Crippen molar-refractivity contribution in [3.63, 3.8) is 0 Å². The summed E-state index contributed by atoms with van der Waals surface area (Å²) in [4.78, 5) is 11.9. The van der Waals surface area contributed by atoms with Gasteiger partial charge >= 0.3 is 0 Å². The topological polar surface area (TPSA) is 26.3 Å². The summed E-state index contributed by atoms with van der Waals surface area (Å²) in [5.41, 5.74) is 0. The molecule has 0 radical (unpaired) electrons. The normalized spacial score (nSPS) is 9.86. The molecule has 0 aliphatic heterocycles. The van der Waals surface area contributed by atoms with Gasteiger partial charge in [-0.25, -0.2) is 0 Å². The fraction of sp³-hybridized carbons (Fsp3) is 0.364. The van der Waals surface area contributed by atoms with Crippen molar-refractivity contribution < 1.29 is 9.53 Å². The summed E-state index contributed by atoms with van der Waals surface area (Å²) >= 11 is 1.79. The number of thioether (sulfide) groups is 1. The molecule has 0 amide bonds. The van der Waals surface area contributed by atoms with Crippen molar-refractivity contribution in [2.45, 2.75) is 18.7 Å². The first-order valence-corrected chi connectivity index (χ1v) is 5.56. The molecule has 0 unspecified atom stereocenters. The Morgan fingerprint density at radius 1 is 1.36 bits per heavy atom. The Labute approximate surface area is 88.7 Å². The molecule has 0 aliphatic carbocycles. The van der Waals surface area contributed by atoms with Crippen LogP contribution >= 0.6 is 11.8 Å². The van der Waals surface area contributed by atoms with E-state index in [1.807, 2.05) is 24.3 Å². The average Bonchev–Trinajstić information content (AvgIpc) is 2.17. The third kappa shape index (κ3) is 3.83. The van der Waals surface area contributed by atoms with Gasteiger partial charge in [0.25, 0.3) is 0 Å². The van der Waals surface area contributed by atoms with Crippen LogP contribution in [-0.2, 0) is 4.79 Å². The van der Waals surface area contributed by atoms with Gasteiger partial charge in [-0.1, -0.05) is 6.92 Å². The second-order valence-electron chi connectivity index (χ2n) is 2.90. The fourth-order valence-electron chi connectivity index (χ4n) is 0.984. The first-order valence-electron chi connectivity index (χ1n) is 4.57. The lowest BCUT2D eigenvalue weighted by atomic mass is 10.3. The Balaban J connectivity index is 2.50. The van der Waals surface area contributed by atoms with E-state index in [0.29, 0.717) is 0 Å². The molecule has 0 saturated carbocycles. The maximum atomic E-state index is 10.7. The monoisotopic (exact) mass is 210 g/mol. The van der Waals surface area contributed by atoms with Crippen LogP contribution in [0, 0.1) is 0 Å². The lowest BCUT2D eigenvalue weighted by molar-refractivity contribution is -0.118. The molecule has 1 rings (SSSR count). The predicted molar refractivity (Wildman–Crippen MR) is 59.0 cm³/mol. The van der Waals surface area contributed by atoms with Crippen LogP contribution in [0.2, 0.25) is 0 Å². The van der Waals surface area contributed by atoms with Gasteiger partial charge in [-0.05, 0) is 36.9 Å². The summed E-state index contributed by atoms with van der Waals surface area (Å²) in [6.07, 6.45) is 0. The zero-order valence-corrected chi connectivity index (χ0v) is 9.26. The second-order valence-corrected chi connectivity index (χ2v) is 4.23. The third-order valence-electron chi connectivity index (χ3n) is 1.58. The van der Waals surface area contributed by atoms with Crippen LogP contribution in [0.5, 0.6) is 5.75 Å². The molecule has 0 heterocycles. The molecule has 0 aromatic heterocycles. The largest absolute Gasteiger partial charge is 0.486 e. The second kappa shape index (κ2) is 5.70. The molecule has 1 aromatic rings. The van der Waals surface area contributed by atoms with Crippen molar-refractivity contribution in [3.05, 3.63) is 24.3 Å². The van der Waals surface area contributed by atoms with E-state index < -0.39 is 0 Å². The van der Waals surface area contributed by atoms with Crippen LogP contribution < -0.4 is 4.74 Å². The van der Waals surface area contributed by atoms with Crippen molar-refractivity contribution in [3.8, 4) is 5.75 Å². The number of carbonyl (C=O) groups excluding carboxylic acids is 1. The van der Waals surface area contributed by atoms with Crippen molar-refractivity contribution in [2.75, 3.05) is 12.4 Å². The first-order chi connectivity index (χ1) is 6.72. The van der Waals surface area contributed by atoms with Crippen molar-refractivity contribution in [1.82, 2.24) is 0 Å². The lowest BCUT2D eigenvalue weighted by Gasteiger charge is -2.04. The van der Waals surface area contributed by atoms with Gasteiger partial charge in [0.15, 0.2) is 5.78 Å². The quantitative estimate of drug-likeness (QED) is 0.699. The molecule has 2 nitrogen and oxygen atoms in total. The number of benzene rings is 1. The van der Waals surface area contributed by atoms with Crippen molar-refractivity contribution >= 4 is 17.5 Å². The van der Waals surface area contributed by atoms with E-state index in [0.717, 1.165) is 11.5 Å². The molecule has 0 atom stereocenters. The number of hydrogen-bond donors (Lipinski definition) is 0. The van der Waals surface area contributed by atoms with E-state index in [9.17, 15) is 4.79 Å². The number of carbonyl (C=O) groups is 1. The number of rotatable bonds is 5. The molecule has 0 spiro atoms. The molecule has 1 aromatic carbocycles. The Bertz CT molecular complexity index is 293. The standard InChI is InChI=1S/C11H14O2S/c1-3-14-11-6-4-10(5-7-11)13-8-9(2)12/h4-7H,3,8H2,1-2H3. The summed E-state index contributed by atoms with van der Waals surface area (Å²) in [5, 5.41) is 0. The number of Topliss-reactive ketones (excluding diaryl/α,β-unsaturated/α-hetero) is 1. The Morgan fingerprint density at radius 2 is 2.00 bits per heavy atom. The Morgan fingerprint density at radius 3 is 2.50 bits per heavy atom. The number of hydrogen-bond acceptors (Lipinski definition) is 3. The minimum absolute atomic E-state index is 0.0389. The van der Waals surface area contributed by atoms with Crippen LogP contribution in [0.1, 0.15) is 13.8 Å². The predicted octanol–water partition coefficient (Wildman–Crippen LogP) is 2.77. The molecule has 0 saturated heterocycles. The fourth-order valence-corrected chi connectivity index (χ4v) is 1.65. The molecular formula is C11H14O2S. The van der Waals surface area contributed by atoms with E-state index >= 15 is 0 Å². The summed E-state index contributed by atoms with van der Waals surface area (Å²) in [5.74, 6) is 1.85. The lowest BCUT2D eigenvalue weighted by Crippen LogP contribution is -2.06. The Kier molecular flexibility index (Phi) is 4.53. The molecule has 0 fully saturated rings. The molecule has 3 heteroatoms. The summed E-state index contributed by atoms with van der Waals surface area (Å²) in [6, 6.07) is 7.79. The van der Waals surface area contributed by atoms with Gasteiger partial charge in [0.1, 0.15) is 12.4 Å². The van der Waals surface area contributed by atoms with Crippen LogP contribution in [0.15, 0.2) is 29.2 Å². The molecule has 0 aliphatic rings. The minimum Gasteiger partial charge on any atom is -0.486 e. The molecule has 0 bridgehead atoms. The van der Waals surface area contributed by atoms with Gasteiger partial charge in [-0.2, -0.15) is 0 Å². The average molecular weight is 210 g/mol. The third-order valence-corrected chi connectivity index (χ3v) is 2.47. The molecular weight excluding hydrogens is 196 g/mol. The first kappa shape index (κ1) is 11.1. The smallest absolute Gasteiger partial charge is 0.167 e. The maximum absolute atomic E-state index is 10.7. The van der Waals surface area contributed by atoms with E-state index in [1.54, 1.807) is 11.8 Å². The van der Waals surface area contributed by atoms with E-state index in [-0.39, 0.29) is 12.4 Å². The Hall–Kier alpha value is -0.960. The van der Waals surface area contributed by atoms with Gasteiger partial charge in [0.05, 0.1) is 0 Å². The summed E-state index contributed by atoms with van der Waals surface area (Å²) in [7, 11) is 0. The molecule has 76 valence electrons. The van der Waals surface area contributed by atoms with E-state index in [2.05, 4.69) is 6.92 Å². The van der Waals surface area contributed by atoms with E-state index in [1.165, 1.54) is 11.8 Å². The number of ketones is 1. The van der Waals surface area contributed by atoms with Gasteiger partial charge in [0.2, 0.25) is 0 Å². The zero-order chi connectivity index (χ0) is 10.4. The van der Waals surface area contributed by atoms with Crippen LogP contribution in [0.25, 0.3) is 0 Å². The van der Waals surface area contributed by atoms with Crippen molar-refractivity contribution in [1.29, 1.82) is 0 Å². The highest BCUT2D eigenvalue weighted by atomic mass is 32.2. The van der Waals surface area contributed by atoms with Crippen LogP contribution in [0.3, 0.4) is 0 Å². The maximum Gasteiger partial charge on any atom is 0.167 e. The van der Waals surface area contributed by atoms with Gasteiger partial charge < -0.3 is 4.74 Å². The van der Waals surface area contributed by atoms with Gasteiger partial charge in [-0.15, -0.1) is 11.8 Å². The minimum atomic E-state index is 0.0389. The van der Waals surface area contributed by atoms with Crippen LogP contribution in [0.4, 0.5) is 0 Å². The molecule has 14 heavy (non-hydrogen) atoms. The van der Waals surface area contributed by atoms with Crippen LogP contribution in [-0.4, -0.2) is 18.1 Å². The van der Waals surface area contributed by atoms with Gasteiger partial charge in [-0.3, -0.25) is 4.79 Å². The summed E-state index contributed by atoms with van der Waals surface area (Å²) < 4.78 is 5.24. The number of ether oxygens (including phenoxy) is 1. The van der Waals surface area contributed by atoms with E-state index in [4.69, 9.17) is 4.74 Å². The summed E-state index contributed by atoms with van der Waals surface area (Å²) in [6.45, 7) is 3.78. The molecule has 0 N–H and O–H groups in total.